The van der Waals surface area contributed by atoms with E-state index in [1.807, 2.05) is 19.1 Å². The number of aliphatic carboxylic acids is 1. The highest BCUT2D eigenvalue weighted by molar-refractivity contribution is 6.74. The van der Waals surface area contributed by atoms with E-state index in [-0.39, 0.29) is 16.6 Å². The number of alkyl halides is 3. The monoisotopic (exact) mass is 704 g/mol. The number of rotatable bonds is 7. The first-order valence-electron chi connectivity index (χ1n) is 15.8. The van der Waals surface area contributed by atoms with Crippen molar-refractivity contribution in [3.63, 3.8) is 0 Å². The summed E-state index contributed by atoms with van der Waals surface area (Å²) in [6, 6.07) is 11.5. The number of amides is 1. The highest BCUT2D eigenvalue weighted by Gasteiger charge is 2.40. The number of likely N-dealkylation sites (N-methyl/N-ethyl adjacent to an activating group) is 1. The van der Waals surface area contributed by atoms with E-state index in [1.54, 1.807) is 18.3 Å². The fourth-order valence-corrected chi connectivity index (χ4v) is 6.25. The molecule has 0 radical (unpaired) electrons. The van der Waals surface area contributed by atoms with E-state index in [4.69, 9.17) is 14.3 Å². The first-order valence-corrected chi connectivity index (χ1v) is 18.7. The third kappa shape index (κ3) is 9.08. The minimum atomic E-state index is -5.08. The van der Waals surface area contributed by atoms with Crippen LogP contribution in [0.3, 0.4) is 0 Å². The van der Waals surface area contributed by atoms with Gasteiger partial charge in [-0.2, -0.15) is 13.2 Å². The smallest absolute Gasteiger partial charge is 0.490 e. The molecule has 0 aliphatic carbocycles. The molecule has 1 saturated heterocycles. The number of anilines is 5. The molecule has 1 aromatic heterocycles. The average molecular weight is 705 g/mol. The average Bonchev–Trinajstić information content (AvgIpc) is 3.39. The molecule has 2 aliphatic rings. The summed E-state index contributed by atoms with van der Waals surface area (Å²) >= 11 is 0. The van der Waals surface area contributed by atoms with Crippen LogP contribution in [0.5, 0.6) is 5.75 Å². The Hall–Kier alpha value is -4.21. The van der Waals surface area contributed by atoms with E-state index >= 15 is 4.39 Å². The molecule has 10 nitrogen and oxygen atoms in total. The number of nitrogens with zero attached hydrogens (tertiary/aromatic N) is 3. The number of carbonyl (C=O) groups excluding carboxylic acids is 1. The zero-order valence-corrected chi connectivity index (χ0v) is 30.0. The van der Waals surface area contributed by atoms with Crippen molar-refractivity contribution in [2.45, 2.75) is 71.0 Å². The number of nitrogens with one attached hydrogen (secondary N) is 3. The molecular formula is C34H44F4N6O4Si. The Morgan fingerprint density at radius 2 is 1.78 bits per heavy atom. The number of hydrogen-bond donors (Lipinski definition) is 4. The molecule has 1 fully saturated rings. The van der Waals surface area contributed by atoms with Crippen molar-refractivity contribution >= 4 is 48.8 Å². The lowest BCUT2D eigenvalue weighted by Crippen LogP contribution is -2.44. The van der Waals surface area contributed by atoms with Gasteiger partial charge in [-0.25, -0.2) is 14.2 Å². The number of benzene rings is 2. The molecule has 2 aromatic carbocycles. The lowest BCUT2D eigenvalue weighted by atomic mass is 10.1. The minimum absolute atomic E-state index is 0.00834. The first-order chi connectivity index (χ1) is 22.7. The zero-order valence-electron chi connectivity index (χ0n) is 29.0. The van der Waals surface area contributed by atoms with Crippen LogP contribution in [0.2, 0.25) is 18.1 Å². The van der Waals surface area contributed by atoms with Crippen molar-refractivity contribution in [3.8, 4) is 5.75 Å². The van der Waals surface area contributed by atoms with E-state index in [1.165, 1.54) is 6.07 Å². The summed E-state index contributed by atoms with van der Waals surface area (Å²) in [4.78, 5) is 31.7. The Morgan fingerprint density at radius 3 is 2.37 bits per heavy atom. The second-order valence-electron chi connectivity index (χ2n) is 14.1. The number of fused-ring (bicyclic) bond motifs is 2. The summed E-state index contributed by atoms with van der Waals surface area (Å²) in [5.41, 5.74) is 4.31. The van der Waals surface area contributed by atoms with Gasteiger partial charge in [-0.15, -0.1) is 0 Å². The molecule has 1 amide bonds. The standard InChI is InChI=1S/C32H43FN6O2Si.C2HF3O2/c1-20-15-23(33)26(17-28(20)41-42(7,8)32(2,3)4)35-25-11-13-34-30-29(25)31(40)37-27-16-21(9-10-24(27)36-30)18-39-14-12-22(19-39)38(5)6;3-2(4,5)1(6)7/h9-11,13,15-17,22H,12,14,18-19H2,1-8H3,(H,37,40)(H2,34,35,36);(H,6,7)/t22-;/m1./s1. The maximum absolute atomic E-state index is 15.2. The fraction of sp³-hybridized carbons (Fsp3) is 0.441. The van der Waals surface area contributed by atoms with Crippen molar-refractivity contribution < 1.29 is 36.7 Å². The summed E-state index contributed by atoms with van der Waals surface area (Å²) in [5, 5.41) is 16.7. The van der Waals surface area contributed by atoms with Crippen LogP contribution in [-0.4, -0.2) is 79.5 Å². The van der Waals surface area contributed by atoms with Crippen LogP contribution in [0.25, 0.3) is 0 Å². The van der Waals surface area contributed by atoms with Gasteiger partial charge in [-0.3, -0.25) is 9.69 Å². The molecule has 0 spiro atoms. The van der Waals surface area contributed by atoms with Crippen LogP contribution in [-0.2, 0) is 11.3 Å². The number of carboxylic acids is 1. The van der Waals surface area contributed by atoms with Gasteiger partial charge in [0.05, 0.1) is 22.7 Å². The number of halogens is 4. The topological polar surface area (TPSA) is 119 Å². The predicted octanol–water partition coefficient (Wildman–Crippen LogP) is 7.74. The van der Waals surface area contributed by atoms with Gasteiger partial charge in [0.25, 0.3) is 5.91 Å². The molecule has 49 heavy (non-hydrogen) atoms. The normalized spacial score (nSPS) is 16.4. The number of pyridine rings is 1. The fourth-order valence-electron chi connectivity index (χ4n) is 5.17. The SMILES string of the molecule is Cc1cc(F)c(Nc2ccnc3c2C(=O)Nc2cc(CN4CC[C@@H](N(C)C)C4)ccc2N3)cc1O[Si](C)(C)C(C)(C)C.O=C(O)C(F)(F)F. The lowest BCUT2D eigenvalue weighted by molar-refractivity contribution is -0.192. The number of hydrogen-bond acceptors (Lipinski definition) is 8. The van der Waals surface area contributed by atoms with E-state index in [9.17, 15) is 18.0 Å². The van der Waals surface area contributed by atoms with Crippen LogP contribution < -0.4 is 20.4 Å². The number of aryl methyl sites for hydroxylation is 1. The Bertz CT molecular complexity index is 1710. The van der Waals surface area contributed by atoms with E-state index < -0.39 is 26.3 Å². The molecule has 3 aromatic rings. The number of carboxylic acid groups (broad SMARTS) is 1. The summed E-state index contributed by atoms with van der Waals surface area (Å²) in [6.07, 6.45) is -2.33. The third-order valence-electron chi connectivity index (χ3n) is 9.10. The summed E-state index contributed by atoms with van der Waals surface area (Å²) in [6.45, 7) is 15.6. The molecule has 5 rings (SSSR count). The van der Waals surface area contributed by atoms with Crippen LogP contribution in [0.1, 0.15) is 48.7 Å². The molecule has 15 heteroatoms. The summed E-state index contributed by atoms with van der Waals surface area (Å²) in [5.74, 6) is -2.45. The third-order valence-corrected chi connectivity index (χ3v) is 13.4. The molecule has 266 valence electrons. The molecule has 0 saturated carbocycles. The quantitative estimate of drug-likeness (QED) is 0.145. The summed E-state index contributed by atoms with van der Waals surface area (Å²) < 4.78 is 53.5. The van der Waals surface area contributed by atoms with Gasteiger partial charge in [0, 0.05) is 37.9 Å². The molecule has 1 atom stereocenters. The van der Waals surface area contributed by atoms with Crippen LogP contribution >= 0.6 is 0 Å². The number of carbonyl (C=O) groups is 2. The van der Waals surface area contributed by atoms with Crippen LogP contribution in [0.4, 0.5) is 46.1 Å². The molecule has 0 unspecified atom stereocenters. The number of likely N-dealkylation sites (tertiary alicyclic amines) is 1. The van der Waals surface area contributed by atoms with E-state index in [0.717, 1.165) is 42.9 Å². The van der Waals surface area contributed by atoms with E-state index in [2.05, 4.69) is 84.8 Å². The van der Waals surface area contributed by atoms with Crippen molar-refractivity contribution in [2.24, 2.45) is 0 Å². The van der Waals surface area contributed by atoms with Gasteiger partial charge >= 0.3 is 12.1 Å². The van der Waals surface area contributed by atoms with Crippen LogP contribution in [0.15, 0.2) is 42.6 Å². The van der Waals surface area contributed by atoms with Crippen molar-refractivity contribution in [1.29, 1.82) is 0 Å². The van der Waals surface area contributed by atoms with E-state index in [0.29, 0.717) is 34.5 Å². The largest absolute Gasteiger partial charge is 0.543 e. The van der Waals surface area contributed by atoms with Crippen molar-refractivity contribution in [2.75, 3.05) is 43.1 Å². The molecule has 2 aliphatic heterocycles. The van der Waals surface area contributed by atoms with Crippen LogP contribution in [0, 0.1) is 12.7 Å². The Kier molecular flexibility index (Phi) is 11.0. The van der Waals surface area contributed by atoms with Gasteiger partial charge in [-0.1, -0.05) is 26.8 Å². The molecule has 0 bridgehead atoms. The maximum atomic E-state index is 15.2. The lowest BCUT2D eigenvalue weighted by Gasteiger charge is -2.37. The van der Waals surface area contributed by atoms with Gasteiger partial charge in [0.2, 0.25) is 8.32 Å². The van der Waals surface area contributed by atoms with Gasteiger partial charge in [0.15, 0.2) is 0 Å². The second-order valence-corrected chi connectivity index (χ2v) is 18.8. The molecular weight excluding hydrogens is 660 g/mol. The second kappa shape index (κ2) is 14.3. The number of aromatic nitrogens is 1. The molecule has 3 heterocycles. The zero-order chi connectivity index (χ0) is 36.5. The highest BCUT2D eigenvalue weighted by Crippen LogP contribution is 2.40. The first kappa shape index (κ1) is 37.6. The highest BCUT2D eigenvalue weighted by atomic mass is 28.4. The van der Waals surface area contributed by atoms with Gasteiger partial charge in [-0.05, 0) is 81.0 Å². The molecule has 4 N–H and O–H groups in total. The maximum Gasteiger partial charge on any atom is 0.490 e. The Morgan fingerprint density at radius 1 is 1.10 bits per heavy atom. The Labute approximate surface area is 285 Å². The van der Waals surface area contributed by atoms with Crippen molar-refractivity contribution in [1.82, 2.24) is 14.8 Å². The predicted molar refractivity (Wildman–Crippen MR) is 185 cm³/mol. The summed E-state index contributed by atoms with van der Waals surface area (Å²) in [7, 11) is 2.10. The van der Waals surface area contributed by atoms with Gasteiger partial charge < -0.3 is 30.4 Å². The minimum Gasteiger partial charge on any atom is -0.543 e. The van der Waals surface area contributed by atoms with Crippen molar-refractivity contribution in [3.05, 3.63) is 65.1 Å². The van der Waals surface area contributed by atoms with Gasteiger partial charge in [0.1, 0.15) is 22.9 Å². The Balaban J connectivity index is 0.000000698.